The molecule has 4 nitrogen and oxygen atoms in total. The fraction of sp³-hybridized carbons (Fsp3) is 0.333. The van der Waals surface area contributed by atoms with Crippen LogP contribution in [-0.4, -0.2) is 27.7 Å². The van der Waals surface area contributed by atoms with E-state index >= 15 is 0 Å². The van der Waals surface area contributed by atoms with Gasteiger partial charge < -0.3 is 10.4 Å². The summed E-state index contributed by atoms with van der Waals surface area (Å²) >= 11 is 0. The van der Waals surface area contributed by atoms with E-state index in [0.29, 0.717) is 12.4 Å². The lowest BCUT2D eigenvalue weighted by molar-refractivity contribution is 0.183. The molecule has 0 radical (unpaired) electrons. The summed E-state index contributed by atoms with van der Waals surface area (Å²) in [5.74, 6) is 0.700. The third-order valence-corrected chi connectivity index (χ3v) is 2.44. The molecule has 2 N–H and O–H groups in total. The Labute approximate surface area is 94.4 Å². The Morgan fingerprint density at radius 2 is 2.06 bits per heavy atom. The molecule has 2 rings (SSSR count). The van der Waals surface area contributed by atoms with E-state index in [0.717, 1.165) is 17.5 Å². The minimum atomic E-state index is -0.340. The minimum Gasteiger partial charge on any atom is -0.391 e. The first-order chi connectivity index (χ1) is 7.79. The second-order valence-corrected chi connectivity index (χ2v) is 3.69. The average molecular weight is 217 g/mol. The molecule has 84 valence electrons. The van der Waals surface area contributed by atoms with Gasteiger partial charge in [-0.3, -0.25) is 4.98 Å². The molecule has 1 atom stereocenters. The van der Waals surface area contributed by atoms with Gasteiger partial charge in [0.05, 0.1) is 23.3 Å². The molecule has 1 unspecified atom stereocenters. The molecule has 1 aromatic carbocycles. The molecular formula is C12H15N3O. The predicted octanol–water partition coefficient (Wildman–Crippen LogP) is 1.81. The van der Waals surface area contributed by atoms with Crippen LogP contribution in [0.4, 0.5) is 5.82 Å². The molecule has 0 spiro atoms. The van der Waals surface area contributed by atoms with Crippen LogP contribution in [0.2, 0.25) is 0 Å². The van der Waals surface area contributed by atoms with Crippen LogP contribution in [0.5, 0.6) is 0 Å². The highest BCUT2D eigenvalue weighted by Crippen LogP contribution is 2.11. The zero-order valence-corrected chi connectivity index (χ0v) is 9.22. The summed E-state index contributed by atoms with van der Waals surface area (Å²) in [7, 11) is 0. The highest BCUT2D eigenvalue weighted by atomic mass is 16.3. The zero-order valence-electron chi connectivity index (χ0n) is 9.22. The van der Waals surface area contributed by atoms with Crippen LogP contribution in [0.1, 0.15) is 13.3 Å². The van der Waals surface area contributed by atoms with E-state index in [4.69, 9.17) is 0 Å². The number of rotatable bonds is 4. The van der Waals surface area contributed by atoms with Crippen molar-refractivity contribution < 1.29 is 5.11 Å². The van der Waals surface area contributed by atoms with Gasteiger partial charge in [0.1, 0.15) is 5.82 Å². The van der Waals surface area contributed by atoms with Gasteiger partial charge in [-0.25, -0.2) is 4.98 Å². The van der Waals surface area contributed by atoms with Crippen LogP contribution in [0, 0.1) is 0 Å². The Balaban J connectivity index is 2.13. The lowest BCUT2D eigenvalue weighted by Crippen LogP contribution is -2.18. The molecule has 1 aromatic heterocycles. The Bertz CT molecular complexity index is 473. The number of aliphatic hydroxyl groups excluding tert-OH is 1. The van der Waals surface area contributed by atoms with Crippen molar-refractivity contribution in [1.29, 1.82) is 0 Å². The Hall–Kier alpha value is -1.68. The molecular weight excluding hydrogens is 202 g/mol. The molecule has 0 bridgehead atoms. The van der Waals surface area contributed by atoms with Crippen molar-refractivity contribution in [3.8, 4) is 0 Å². The SMILES string of the molecule is CCC(O)CNc1cnc2ccccc2n1. The molecule has 0 aliphatic carbocycles. The largest absolute Gasteiger partial charge is 0.391 e. The van der Waals surface area contributed by atoms with Crippen molar-refractivity contribution in [3.05, 3.63) is 30.5 Å². The van der Waals surface area contributed by atoms with Gasteiger partial charge in [0.25, 0.3) is 0 Å². The maximum Gasteiger partial charge on any atom is 0.145 e. The first-order valence-electron chi connectivity index (χ1n) is 5.43. The predicted molar refractivity (Wildman–Crippen MR) is 64.3 cm³/mol. The summed E-state index contributed by atoms with van der Waals surface area (Å²) in [4.78, 5) is 8.68. The molecule has 2 aromatic rings. The summed E-state index contributed by atoms with van der Waals surface area (Å²) in [6.07, 6.45) is 2.08. The summed E-state index contributed by atoms with van der Waals surface area (Å²) in [5.41, 5.74) is 1.74. The number of aliphatic hydroxyl groups is 1. The highest BCUT2D eigenvalue weighted by molar-refractivity contribution is 5.75. The van der Waals surface area contributed by atoms with Gasteiger partial charge in [0.15, 0.2) is 0 Å². The number of benzene rings is 1. The molecule has 1 heterocycles. The number of hydrogen-bond donors (Lipinski definition) is 2. The fourth-order valence-electron chi connectivity index (χ4n) is 1.41. The summed E-state index contributed by atoms with van der Waals surface area (Å²) in [5, 5.41) is 12.5. The van der Waals surface area contributed by atoms with Crippen LogP contribution >= 0.6 is 0 Å². The molecule has 0 amide bonds. The lowest BCUT2D eigenvalue weighted by atomic mass is 10.3. The number of anilines is 1. The van der Waals surface area contributed by atoms with Gasteiger partial charge in [-0.15, -0.1) is 0 Å². The third-order valence-electron chi connectivity index (χ3n) is 2.44. The van der Waals surface area contributed by atoms with Crippen molar-refractivity contribution in [2.24, 2.45) is 0 Å². The molecule has 0 saturated heterocycles. The van der Waals surface area contributed by atoms with Crippen molar-refractivity contribution in [2.75, 3.05) is 11.9 Å². The van der Waals surface area contributed by atoms with E-state index in [-0.39, 0.29) is 6.10 Å². The highest BCUT2D eigenvalue weighted by Gasteiger charge is 2.02. The van der Waals surface area contributed by atoms with E-state index in [1.807, 2.05) is 31.2 Å². The Kier molecular flexibility index (Phi) is 3.31. The molecule has 0 saturated carbocycles. The van der Waals surface area contributed by atoms with Gasteiger partial charge in [-0.1, -0.05) is 19.1 Å². The topological polar surface area (TPSA) is 58.0 Å². The molecule has 4 heteroatoms. The van der Waals surface area contributed by atoms with Gasteiger partial charge >= 0.3 is 0 Å². The number of hydrogen-bond acceptors (Lipinski definition) is 4. The quantitative estimate of drug-likeness (QED) is 0.820. The lowest BCUT2D eigenvalue weighted by Gasteiger charge is -2.09. The smallest absolute Gasteiger partial charge is 0.145 e. The van der Waals surface area contributed by atoms with Crippen molar-refractivity contribution in [2.45, 2.75) is 19.4 Å². The molecule has 16 heavy (non-hydrogen) atoms. The zero-order chi connectivity index (χ0) is 11.4. The third kappa shape index (κ3) is 2.46. The summed E-state index contributed by atoms with van der Waals surface area (Å²) in [6.45, 7) is 2.45. The van der Waals surface area contributed by atoms with E-state index < -0.39 is 0 Å². The monoisotopic (exact) mass is 217 g/mol. The van der Waals surface area contributed by atoms with Crippen LogP contribution in [-0.2, 0) is 0 Å². The van der Waals surface area contributed by atoms with E-state index in [2.05, 4.69) is 15.3 Å². The number of nitrogens with zero attached hydrogens (tertiary/aromatic N) is 2. The maximum atomic E-state index is 9.42. The summed E-state index contributed by atoms with van der Waals surface area (Å²) in [6, 6.07) is 7.71. The Morgan fingerprint density at radius 1 is 1.31 bits per heavy atom. The molecule has 0 aliphatic rings. The van der Waals surface area contributed by atoms with E-state index in [1.165, 1.54) is 0 Å². The van der Waals surface area contributed by atoms with Crippen LogP contribution in [0.25, 0.3) is 11.0 Å². The summed E-state index contributed by atoms with van der Waals surface area (Å²) < 4.78 is 0. The average Bonchev–Trinajstić information content (AvgIpc) is 2.35. The fourth-order valence-corrected chi connectivity index (χ4v) is 1.41. The van der Waals surface area contributed by atoms with Gasteiger partial charge in [0, 0.05) is 6.54 Å². The number of aromatic nitrogens is 2. The molecule has 0 aliphatic heterocycles. The normalized spacial score (nSPS) is 12.6. The number of nitrogens with one attached hydrogen (secondary N) is 1. The first-order valence-corrected chi connectivity index (χ1v) is 5.43. The molecule has 0 fully saturated rings. The number of fused-ring (bicyclic) bond motifs is 1. The van der Waals surface area contributed by atoms with Gasteiger partial charge in [0.2, 0.25) is 0 Å². The maximum absolute atomic E-state index is 9.42. The Morgan fingerprint density at radius 3 is 2.81 bits per heavy atom. The van der Waals surface area contributed by atoms with E-state index in [9.17, 15) is 5.11 Å². The van der Waals surface area contributed by atoms with Crippen LogP contribution < -0.4 is 5.32 Å². The van der Waals surface area contributed by atoms with Crippen LogP contribution in [0.15, 0.2) is 30.5 Å². The van der Waals surface area contributed by atoms with Crippen molar-refractivity contribution in [3.63, 3.8) is 0 Å². The minimum absolute atomic E-state index is 0.340. The standard InChI is InChI=1S/C12H15N3O/c1-2-9(16)7-14-12-8-13-10-5-3-4-6-11(10)15-12/h3-6,8-9,16H,2,7H2,1H3,(H,14,15). The number of para-hydroxylation sites is 2. The van der Waals surface area contributed by atoms with Gasteiger partial charge in [-0.05, 0) is 18.6 Å². The van der Waals surface area contributed by atoms with Crippen molar-refractivity contribution >= 4 is 16.9 Å². The van der Waals surface area contributed by atoms with Crippen molar-refractivity contribution in [1.82, 2.24) is 9.97 Å². The first kappa shape index (κ1) is 10.8. The van der Waals surface area contributed by atoms with Crippen LogP contribution in [0.3, 0.4) is 0 Å². The van der Waals surface area contributed by atoms with E-state index in [1.54, 1.807) is 6.20 Å². The van der Waals surface area contributed by atoms with Gasteiger partial charge in [-0.2, -0.15) is 0 Å². The second kappa shape index (κ2) is 4.90. The second-order valence-electron chi connectivity index (χ2n) is 3.69.